The van der Waals surface area contributed by atoms with Gasteiger partial charge in [0.15, 0.2) is 11.5 Å². The van der Waals surface area contributed by atoms with E-state index in [0.717, 1.165) is 18.9 Å². The van der Waals surface area contributed by atoms with Crippen LogP contribution in [0.2, 0.25) is 0 Å². The molecule has 0 saturated carbocycles. The van der Waals surface area contributed by atoms with Gasteiger partial charge in [-0.15, -0.1) is 0 Å². The summed E-state index contributed by atoms with van der Waals surface area (Å²) in [6, 6.07) is 10.4. The zero-order valence-electron chi connectivity index (χ0n) is 15.9. The van der Waals surface area contributed by atoms with E-state index < -0.39 is 10.9 Å². The lowest BCUT2D eigenvalue weighted by molar-refractivity contribution is -0.384. The van der Waals surface area contributed by atoms with Crippen LogP contribution in [0.3, 0.4) is 0 Å². The molecule has 154 valence electrons. The second-order valence-corrected chi connectivity index (χ2v) is 6.95. The number of nitro groups is 1. The van der Waals surface area contributed by atoms with Gasteiger partial charge in [-0.05, 0) is 18.2 Å². The molecule has 0 unspecified atom stereocenters. The molecule has 1 heterocycles. The predicted octanol–water partition coefficient (Wildman–Crippen LogP) is 4.11. The van der Waals surface area contributed by atoms with Crippen molar-refractivity contribution >= 4 is 40.2 Å². The van der Waals surface area contributed by atoms with Gasteiger partial charge in [0.2, 0.25) is 0 Å². The number of hydrogen-bond donors (Lipinski definition) is 2. The van der Waals surface area contributed by atoms with Crippen molar-refractivity contribution in [2.45, 2.75) is 0 Å². The molecule has 30 heavy (non-hydrogen) atoms. The number of para-hydroxylation sites is 1. The molecule has 2 aromatic rings. The molecule has 0 radical (unpaired) electrons. The summed E-state index contributed by atoms with van der Waals surface area (Å²) < 4.78 is 9.81. The number of rotatable bonds is 5. The first kappa shape index (κ1) is 20.9. The van der Waals surface area contributed by atoms with E-state index in [1.807, 2.05) is 0 Å². The fraction of sp³-hybridized carbons (Fsp3) is 0.100. The second kappa shape index (κ2) is 8.70. The minimum Gasteiger partial charge on any atom is -0.506 e. The van der Waals surface area contributed by atoms with Gasteiger partial charge in [-0.25, -0.2) is 9.79 Å². The number of aliphatic hydroxyl groups is 1. The predicted molar refractivity (Wildman–Crippen MR) is 112 cm³/mol. The maximum Gasteiger partial charge on any atom is 0.344 e. The number of esters is 1. The number of non-ortho nitro benzene ring substituents is 1. The summed E-state index contributed by atoms with van der Waals surface area (Å²) in [6.45, 7) is 0. The van der Waals surface area contributed by atoms with E-state index in [1.165, 1.54) is 37.5 Å². The molecule has 10 heteroatoms. The van der Waals surface area contributed by atoms with E-state index in [-0.39, 0.29) is 44.2 Å². The largest absolute Gasteiger partial charge is 0.506 e. The summed E-state index contributed by atoms with van der Waals surface area (Å²) in [5.41, 5.74) is 0.239. The number of aliphatic imine (C=N–C) groups is 1. The van der Waals surface area contributed by atoms with Crippen molar-refractivity contribution < 1.29 is 29.4 Å². The van der Waals surface area contributed by atoms with Crippen LogP contribution in [0.1, 0.15) is 5.56 Å². The highest BCUT2D eigenvalue weighted by atomic mass is 32.2. The zero-order chi connectivity index (χ0) is 21.8. The Balaban J connectivity index is 2.08. The molecule has 0 aromatic heterocycles. The number of aliphatic hydroxyl groups excluding tert-OH is 1. The Morgan fingerprint density at radius 1 is 1.20 bits per heavy atom. The summed E-state index contributed by atoms with van der Waals surface area (Å²) in [4.78, 5) is 27.2. The molecule has 0 saturated heterocycles. The van der Waals surface area contributed by atoms with Crippen LogP contribution < -0.4 is 4.74 Å². The van der Waals surface area contributed by atoms with Crippen LogP contribution in [0.25, 0.3) is 6.08 Å². The average molecular weight is 428 g/mol. The lowest BCUT2D eigenvalue weighted by Crippen LogP contribution is -2.10. The summed E-state index contributed by atoms with van der Waals surface area (Å²) in [6.07, 6.45) is 1.47. The molecule has 9 nitrogen and oxygen atoms in total. The highest BCUT2D eigenvalue weighted by Gasteiger charge is 2.33. The van der Waals surface area contributed by atoms with Gasteiger partial charge in [-0.2, -0.15) is 0 Å². The van der Waals surface area contributed by atoms with E-state index >= 15 is 0 Å². The Morgan fingerprint density at radius 3 is 2.60 bits per heavy atom. The molecular formula is C20H16N2O7S. The molecule has 0 fully saturated rings. The molecule has 0 aliphatic carbocycles. The summed E-state index contributed by atoms with van der Waals surface area (Å²) in [5.74, 6) is -1.08. The molecule has 2 N–H and O–H groups in total. The van der Waals surface area contributed by atoms with Crippen LogP contribution in [-0.2, 0) is 9.53 Å². The van der Waals surface area contributed by atoms with Gasteiger partial charge in [0.25, 0.3) is 5.69 Å². The van der Waals surface area contributed by atoms with Gasteiger partial charge in [0, 0.05) is 17.7 Å². The third kappa shape index (κ3) is 4.13. The standard InChI is InChI=1S/C20H16N2O7S/c1-28-14-8-3-5-11(17(14)23)9-15-18(24)16(20(25)29-2)19(30-15)21-12-6-4-7-13(10-12)22(26)27/h3-10,23-24H,1-2H3/b15-9+,21-19?. The van der Waals surface area contributed by atoms with E-state index in [0.29, 0.717) is 5.56 Å². The Bertz CT molecular complexity index is 1120. The quantitative estimate of drug-likeness (QED) is 0.413. The minimum absolute atomic E-state index is 0.105. The smallest absolute Gasteiger partial charge is 0.344 e. The van der Waals surface area contributed by atoms with Crippen molar-refractivity contribution in [2.24, 2.45) is 4.99 Å². The van der Waals surface area contributed by atoms with E-state index in [9.17, 15) is 25.1 Å². The van der Waals surface area contributed by atoms with Crippen molar-refractivity contribution in [1.82, 2.24) is 0 Å². The number of phenolic OH excluding ortho intramolecular Hbond substituents is 1. The maximum absolute atomic E-state index is 12.2. The van der Waals surface area contributed by atoms with Crippen LogP contribution >= 0.6 is 11.8 Å². The second-order valence-electron chi connectivity index (χ2n) is 5.92. The number of aromatic hydroxyl groups is 1. The summed E-state index contributed by atoms with van der Waals surface area (Å²) in [5, 5.41) is 32.0. The van der Waals surface area contributed by atoms with Gasteiger partial charge in [0.05, 0.1) is 29.7 Å². The number of ether oxygens (including phenoxy) is 2. The van der Waals surface area contributed by atoms with Crippen LogP contribution in [0.5, 0.6) is 11.5 Å². The molecule has 1 aliphatic rings. The monoisotopic (exact) mass is 428 g/mol. The van der Waals surface area contributed by atoms with Gasteiger partial charge in [0.1, 0.15) is 16.4 Å². The molecule has 0 amide bonds. The number of nitrogens with zero attached hydrogens (tertiary/aromatic N) is 2. The van der Waals surface area contributed by atoms with Crippen LogP contribution in [0.4, 0.5) is 11.4 Å². The Morgan fingerprint density at radius 2 is 1.93 bits per heavy atom. The third-order valence-electron chi connectivity index (χ3n) is 4.09. The van der Waals surface area contributed by atoms with Crippen molar-refractivity contribution in [3.8, 4) is 11.5 Å². The summed E-state index contributed by atoms with van der Waals surface area (Å²) >= 11 is 0.961. The number of phenols is 1. The normalized spacial score (nSPS) is 16.2. The van der Waals surface area contributed by atoms with E-state index in [2.05, 4.69) is 4.99 Å². The molecule has 3 rings (SSSR count). The molecule has 1 aliphatic heterocycles. The SMILES string of the molecule is COC(=O)C1=C(O)/C(=C\c2cccc(OC)c2O)SC1=Nc1cccc([N+](=O)[O-])c1. The fourth-order valence-corrected chi connectivity index (χ4v) is 3.67. The Kier molecular flexibility index (Phi) is 6.07. The molecule has 2 aromatic carbocycles. The van der Waals surface area contributed by atoms with Gasteiger partial charge in [-0.1, -0.05) is 30.0 Å². The Hall–Kier alpha value is -3.79. The summed E-state index contributed by atoms with van der Waals surface area (Å²) in [7, 11) is 2.57. The van der Waals surface area contributed by atoms with Gasteiger partial charge < -0.3 is 19.7 Å². The number of methoxy groups -OCH3 is 2. The van der Waals surface area contributed by atoms with Gasteiger partial charge >= 0.3 is 5.97 Å². The molecule has 0 spiro atoms. The maximum atomic E-state index is 12.2. The minimum atomic E-state index is -0.817. The molecule has 0 atom stereocenters. The Labute approximate surface area is 175 Å². The van der Waals surface area contributed by atoms with E-state index in [1.54, 1.807) is 18.2 Å². The highest BCUT2D eigenvalue weighted by Crippen LogP contribution is 2.42. The number of thioether (sulfide) groups is 1. The first-order chi connectivity index (χ1) is 14.3. The third-order valence-corrected chi connectivity index (χ3v) is 5.11. The lowest BCUT2D eigenvalue weighted by Gasteiger charge is -2.06. The average Bonchev–Trinajstić information content (AvgIpc) is 3.03. The molecular weight excluding hydrogens is 412 g/mol. The van der Waals surface area contributed by atoms with Crippen molar-refractivity contribution in [1.29, 1.82) is 0 Å². The number of nitro benzene ring substituents is 1. The zero-order valence-corrected chi connectivity index (χ0v) is 16.7. The lowest BCUT2D eigenvalue weighted by atomic mass is 10.1. The number of hydrogen-bond acceptors (Lipinski definition) is 9. The van der Waals surface area contributed by atoms with E-state index in [4.69, 9.17) is 9.47 Å². The number of benzene rings is 2. The number of carbonyl (C=O) groups is 1. The fourth-order valence-electron chi connectivity index (χ4n) is 2.65. The van der Waals surface area contributed by atoms with Crippen LogP contribution in [-0.4, -0.2) is 40.4 Å². The van der Waals surface area contributed by atoms with Gasteiger partial charge in [-0.3, -0.25) is 10.1 Å². The van der Waals surface area contributed by atoms with Crippen molar-refractivity contribution in [3.05, 3.63) is 74.4 Å². The first-order valence-corrected chi connectivity index (χ1v) is 9.28. The first-order valence-electron chi connectivity index (χ1n) is 8.46. The highest BCUT2D eigenvalue weighted by molar-refractivity contribution is 8.18. The van der Waals surface area contributed by atoms with Crippen LogP contribution in [0.15, 0.2) is 63.7 Å². The number of carbonyl (C=O) groups excluding carboxylic acids is 1. The molecule has 0 bridgehead atoms. The topological polar surface area (TPSA) is 131 Å². The van der Waals surface area contributed by atoms with Crippen molar-refractivity contribution in [3.63, 3.8) is 0 Å². The van der Waals surface area contributed by atoms with Crippen molar-refractivity contribution in [2.75, 3.05) is 14.2 Å². The van der Waals surface area contributed by atoms with Crippen LogP contribution in [0, 0.1) is 10.1 Å².